The Morgan fingerprint density at radius 3 is 1.51 bits per heavy atom. The number of hydrogen-bond acceptors (Lipinski definition) is 9. The third kappa shape index (κ3) is 8.71. The van der Waals surface area contributed by atoms with Crippen molar-refractivity contribution in [2.45, 2.75) is 0 Å². The fraction of sp³-hybridized carbons (Fsp3) is 0.0588. The molecule has 9 nitrogen and oxygen atoms in total. The average molecular weight is 615 g/mol. The minimum absolute atomic E-state index is 0.102. The average Bonchev–Trinajstić information content (AvgIpc) is 3.05. The maximum atomic E-state index is 14.8. The number of hydrogen-bond donors (Lipinski definition) is 0. The summed E-state index contributed by atoms with van der Waals surface area (Å²) in [5.41, 5.74) is 0.761. The van der Waals surface area contributed by atoms with Crippen LogP contribution in [0.1, 0.15) is 20.7 Å². The Labute approximate surface area is 255 Å². The van der Waals surface area contributed by atoms with Crippen molar-refractivity contribution in [1.82, 2.24) is 0 Å². The van der Waals surface area contributed by atoms with Gasteiger partial charge in [-0.1, -0.05) is 25.3 Å². The molecule has 0 fully saturated rings. The summed E-state index contributed by atoms with van der Waals surface area (Å²) in [6.07, 6.45) is 2.12. The molecule has 0 spiro atoms. The van der Waals surface area contributed by atoms with Crippen LogP contribution in [-0.4, -0.2) is 37.1 Å². The van der Waals surface area contributed by atoms with E-state index in [9.17, 15) is 28.0 Å². The highest BCUT2D eigenvalue weighted by Crippen LogP contribution is 2.30. The van der Waals surface area contributed by atoms with Gasteiger partial charge in [0.25, 0.3) is 0 Å². The van der Waals surface area contributed by atoms with E-state index in [1.165, 1.54) is 72.8 Å². The normalized spacial score (nSPS) is 10.3. The van der Waals surface area contributed by atoms with E-state index in [-0.39, 0.29) is 52.9 Å². The third-order valence-corrected chi connectivity index (χ3v) is 5.98. The van der Waals surface area contributed by atoms with Crippen LogP contribution in [0.3, 0.4) is 0 Å². The van der Waals surface area contributed by atoms with E-state index in [0.717, 1.165) is 24.3 Å². The van der Waals surface area contributed by atoms with E-state index in [4.69, 9.17) is 23.7 Å². The summed E-state index contributed by atoms with van der Waals surface area (Å²) in [6.45, 7) is 6.06. The van der Waals surface area contributed by atoms with E-state index in [1.807, 2.05) is 0 Å². The summed E-state index contributed by atoms with van der Waals surface area (Å²) >= 11 is 0. The topological polar surface area (TPSA) is 114 Å². The molecule has 11 heteroatoms. The third-order valence-electron chi connectivity index (χ3n) is 5.98. The Balaban J connectivity index is 1.35. The molecule has 0 unspecified atom stereocenters. The minimum atomic E-state index is -0.873. The zero-order chi connectivity index (χ0) is 32.3. The lowest BCUT2D eigenvalue weighted by molar-refractivity contribution is -0.144. The maximum absolute atomic E-state index is 14.8. The summed E-state index contributed by atoms with van der Waals surface area (Å²) in [5, 5.41) is 0. The fourth-order valence-corrected chi connectivity index (χ4v) is 3.65. The SMILES string of the molecule is C=CC(=O)COc1ccc(C(=O)Oc2ccc(-c3ccc(OC(=O)c4ccc(OCOC(=O)C=C)cc4)c(F)c3)cc2F)cc1. The second kappa shape index (κ2) is 14.9. The van der Waals surface area contributed by atoms with Crippen molar-refractivity contribution in [2.75, 3.05) is 13.4 Å². The smallest absolute Gasteiger partial charge is 0.343 e. The van der Waals surface area contributed by atoms with Gasteiger partial charge in [-0.3, -0.25) is 4.79 Å². The number of benzene rings is 4. The molecule has 0 atom stereocenters. The number of halogens is 2. The molecule has 0 saturated carbocycles. The quantitative estimate of drug-likeness (QED) is 0.0744. The van der Waals surface area contributed by atoms with Gasteiger partial charge in [0.2, 0.25) is 6.79 Å². The lowest BCUT2D eigenvalue weighted by atomic mass is 10.0. The molecular formula is C34H24F2O9. The van der Waals surface area contributed by atoms with Gasteiger partial charge in [0, 0.05) is 6.08 Å². The summed E-state index contributed by atoms with van der Waals surface area (Å²) in [5.74, 6) is -4.42. The second-order valence-electron chi connectivity index (χ2n) is 9.01. The highest BCUT2D eigenvalue weighted by molar-refractivity contribution is 5.92. The van der Waals surface area contributed by atoms with Gasteiger partial charge in [-0.05, 0) is 90.0 Å². The van der Waals surface area contributed by atoms with Crippen LogP contribution in [0.25, 0.3) is 11.1 Å². The van der Waals surface area contributed by atoms with E-state index in [1.54, 1.807) is 0 Å². The van der Waals surface area contributed by atoms with Crippen molar-refractivity contribution in [3.63, 3.8) is 0 Å². The molecule has 0 amide bonds. The number of ketones is 1. The number of esters is 3. The van der Waals surface area contributed by atoms with Gasteiger partial charge in [-0.2, -0.15) is 0 Å². The minimum Gasteiger partial charge on any atom is -0.485 e. The van der Waals surface area contributed by atoms with Gasteiger partial charge in [-0.25, -0.2) is 23.2 Å². The monoisotopic (exact) mass is 614 g/mol. The van der Waals surface area contributed by atoms with Crippen LogP contribution < -0.4 is 18.9 Å². The Kier molecular flexibility index (Phi) is 10.5. The molecule has 4 aromatic rings. The van der Waals surface area contributed by atoms with Crippen molar-refractivity contribution < 1.29 is 51.6 Å². The number of carbonyl (C=O) groups excluding carboxylic acids is 4. The zero-order valence-corrected chi connectivity index (χ0v) is 23.5. The molecular weight excluding hydrogens is 590 g/mol. The van der Waals surface area contributed by atoms with Crippen LogP contribution in [0.5, 0.6) is 23.0 Å². The highest BCUT2D eigenvalue weighted by Gasteiger charge is 2.16. The Hall–Kier alpha value is -6.10. The highest BCUT2D eigenvalue weighted by atomic mass is 19.1. The summed E-state index contributed by atoms with van der Waals surface area (Å²) in [7, 11) is 0. The second-order valence-corrected chi connectivity index (χ2v) is 9.01. The Morgan fingerprint density at radius 2 is 1.09 bits per heavy atom. The first-order valence-electron chi connectivity index (χ1n) is 13.1. The van der Waals surface area contributed by atoms with Crippen LogP contribution in [0.4, 0.5) is 8.78 Å². The van der Waals surface area contributed by atoms with Gasteiger partial charge >= 0.3 is 17.9 Å². The number of ether oxygens (including phenoxy) is 5. The molecule has 0 aliphatic rings. The van der Waals surface area contributed by atoms with E-state index >= 15 is 0 Å². The van der Waals surface area contributed by atoms with Crippen LogP contribution in [0, 0.1) is 11.6 Å². The molecule has 228 valence electrons. The van der Waals surface area contributed by atoms with Gasteiger partial charge in [0.1, 0.15) is 11.5 Å². The number of carbonyl (C=O) groups is 4. The molecule has 0 bridgehead atoms. The fourth-order valence-electron chi connectivity index (χ4n) is 3.65. The van der Waals surface area contributed by atoms with E-state index in [2.05, 4.69) is 13.2 Å². The van der Waals surface area contributed by atoms with Gasteiger partial charge in [0.15, 0.2) is 35.5 Å². The summed E-state index contributed by atoms with van der Waals surface area (Å²) in [4.78, 5) is 47.3. The maximum Gasteiger partial charge on any atom is 0.343 e. The molecule has 0 aliphatic heterocycles. The molecule has 0 aliphatic carbocycles. The molecule has 45 heavy (non-hydrogen) atoms. The summed E-state index contributed by atoms with van der Waals surface area (Å²) < 4.78 is 55.2. The van der Waals surface area contributed by atoms with Crippen molar-refractivity contribution >= 4 is 23.7 Å². The largest absolute Gasteiger partial charge is 0.485 e. The van der Waals surface area contributed by atoms with Crippen LogP contribution in [0.2, 0.25) is 0 Å². The molecule has 0 saturated heterocycles. The van der Waals surface area contributed by atoms with Crippen LogP contribution in [0.15, 0.2) is 110 Å². The Morgan fingerprint density at radius 1 is 0.622 bits per heavy atom. The molecule has 0 N–H and O–H groups in total. The first-order chi connectivity index (χ1) is 21.7. The van der Waals surface area contributed by atoms with Gasteiger partial charge in [0.05, 0.1) is 11.1 Å². The van der Waals surface area contributed by atoms with Crippen molar-refractivity contribution in [1.29, 1.82) is 0 Å². The van der Waals surface area contributed by atoms with Gasteiger partial charge < -0.3 is 23.7 Å². The standard InChI is InChI=1S/C34H24F2O9/c1-3-25(37)19-41-26-11-5-21(6-12-26)33(39)44-30-15-9-23(17-28(30)35)24-10-16-31(29(36)18-24)45-34(40)22-7-13-27(14-8-22)42-20-43-32(38)4-2/h3-18H,1-2,19-20H2. The van der Waals surface area contributed by atoms with Crippen LogP contribution >= 0.6 is 0 Å². The lowest BCUT2D eigenvalue weighted by Gasteiger charge is -2.10. The first-order valence-corrected chi connectivity index (χ1v) is 13.1. The predicted octanol–water partition coefficient (Wildman–Crippen LogP) is 6.27. The molecule has 0 radical (unpaired) electrons. The van der Waals surface area contributed by atoms with Crippen molar-refractivity contribution in [3.05, 3.63) is 133 Å². The summed E-state index contributed by atoms with van der Waals surface area (Å²) in [6, 6.07) is 18.8. The zero-order valence-electron chi connectivity index (χ0n) is 23.5. The molecule has 4 aromatic carbocycles. The van der Waals surface area contributed by atoms with Crippen molar-refractivity contribution in [3.8, 4) is 34.1 Å². The van der Waals surface area contributed by atoms with Crippen molar-refractivity contribution in [2.24, 2.45) is 0 Å². The number of rotatable bonds is 13. The molecule has 0 aromatic heterocycles. The lowest BCUT2D eigenvalue weighted by Crippen LogP contribution is -2.10. The van der Waals surface area contributed by atoms with E-state index in [0.29, 0.717) is 11.5 Å². The van der Waals surface area contributed by atoms with Gasteiger partial charge in [-0.15, -0.1) is 0 Å². The van der Waals surface area contributed by atoms with E-state index < -0.39 is 29.5 Å². The predicted molar refractivity (Wildman–Crippen MR) is 157 cm³/mol. The molecule has 4 rings (SSSR count). The Bertz CT molecular complexity index is 1750. The first kappa shape index (κ1) is 31.8. The van der Waals surface area contributed by atoms with Crippen LogP contribution in [-0.2, 0) is 14.3 Å². The molecule has 0 heterocycles.